The van der Waals surface area contributed by atoms with E-state index in [-0.39, 0.29) is 11.5 Å². The highest BCUT2D eigenvalue weighted by atomic mass is 19.4. The van der Waals surface area contributed by atoms with E-state index in [4.69, 9.17) is 5.73 Å². The van der Waals surface area contributed by atoms with Crippen LogP contribution >= 0.6 is 0 Å². The van der Waals surface area contributed by atoms with Crippen LogP contribution in [0.3, 0.4) is 0 Å². The first-order chi connectivity index (χ1) is 8.89. The minimum absolute atomic E-state index is 0.129. The summed E-state index contributed by atoms with van der Waals surface area (Å²) in [5, 5.41) is 0. The van der Waals surface area contributed by atoms with E-state index in [0.29, 0.717) is 6.42 Å². The van der Waals surface area contributed by atoms with Gasteiger partial charge in [-0.1, -0.05) is 44.4 Å². The molecule has 2 rings (SSSR count). The van der Waals surface area contributed by atoms with Gasteiger partial charge in [0, 0.05) is 5.54 Å². The van der Waals surface area contributed by atoms with Crippen molar-refractivity contribution in [2.75, 3.05) is 0 Å². The lowest BCUT2D eigenvalue weighted by atomic mass is 9.67. The Kier molecular flexibility index (Phi) is 3.90. The summed E-state index contributed by atoms with van der Waals surface area (Å²) in [6.45, 7) is 2.01. The number of hydrogen-bond acceptors (Lipinski definition) is 1. The molecule has 0 radical (unpaired) electrons. The molecular formula is C15H20F3N. The molecule has 0 aromatic heterocycles. The van der Waals surface area contributed by atoms with Gasteiger partial charge in [-0.2, -0.15) is 13.2 Å². The van der Waals surface area contributed by atoms with E-state index in [1.807, 2.05) is 6.92 Å². The summed E-state index contributed by atoms with van der Waals surface area (Å²) in [5.41, 5.74) is 5.30. The van der Waals surface area contributed by atoms with Crippen molar-refractivity contribution in [1.29, 1.82) is 0 Å². The van der Waals surface area contributed by atoms with E-state index >= 15 is 0 Å². The fraction of sp³-hybridized carbons (Fsp3) is 0.600. The summed E-state index contributed by atoms with van der Waals surface area (Å²) in [6.07, 6.45) is 0.00399. The molecule has 0 spiro atoms. The molecule has 1 aromatic rings. The number of rotatable bonds is 2. The normalized spacial score (nSPS) is 28.4. The highest BCUT2D eigenvalue weighted by Gasteiger charge is 2.43. The second-order valence-corrected chi connectivity index (χ2v) is 5.43. The van der Waals surface area contributed by atoms with Crippen molar-refractivity contribution in [3.63, 3.8) is 0 Å². The smallest absolute Gasteiger partial charge is 0.321 e. The molecule has 2 unspecified atom stereocenters. The third kappa shape index (κ3) is 2.64. The Morgan fingerprint density at radius 1 is 1.26 bits per heavy atom. The fourth-order valence-electron chi connectivity index (χ4n) is 3.33. The van der Waals surface area contributed by atoms with Crippen molar-refractivity contribution in [2.24, 2.45) is 11.7 Å². The van der Waals surface area contributed by atoms with Crippen LogP contribution in [0.2, 0.25) is 0 Å². The van der Waals surface area contributed by atoms with Gasteiger partial charge in [-0.15, -0.1) is 0 Å². The maximum Gasteiger partial charge on any atom is 0.416 e. The van der Waals surface area contributed by atoms with Crippen LogP contribution in [0.4, 0.5) is 13.2 Å². The van der Waals surface area contributed by atoms with E-state index in [1.54, 1.807) is 12.1 Å². The molecule has 1 nitrogen and oxygen atoms in total. The SMILES string of the molecule is CCC1CCCCC1(N)c1ccccc1C(F)(F)F. The van der Waals surface area contributed by atoms with Crippen molar-refractivity contribution < 1.29 is 13.2 Å². The first-order valence-corrected chi connectivity index (χ1v) is 6.85. The van der Waals surface area contributed by atoms with Gasteiger partial charge in [0.15, 0.2) is 0 Å². The summed E-state index contributed by atoms with van der Waals surface area (Å²) in [7, 11) is 0. The second kappa shape index (κ2) is 5.16. The van der Waals surface area contributed by atoms with Gasteiger partial charge < -0.3 is 5.73 Å². The molecule has 106 valence electrons. The Morgan fingerprint density at radius 2 is 1.95 bits per heavy atom. The van der Waals surface area contributed by atoms with E-state index in [0.717, 1.165) is 31.7 Å². The Bertz CT molecular complexity index is 441. The van der Waals surface area contributed by atoms with Gasteiger partial charge in [0.05, 0.1) is 5.56 Å². The maximum absolute atomic E-state index is 13.1. The molecule has 1 aliphatic carbocycles. The predicted molar refractivity (Wildman–Crippen MR) is 69.6 cm³/mol. The van der Waals surface area contributed by atoms with Gasteiger partial charge in [0.1, 0.15) is 0 Å². The molecule has 0 aliphatic heterocycles. The largest absolute Gasteiger partial charge is 0.416 e. The molecule has 1 saturated carbocycles. The molecule has 0 saturated heterocycles. The zero-order chi connectivity index (χ0) is 14.1. The van der Waals surface area contributed by atoms with Crippen LogP contribution in [0.15, 0.2) is 24.3 Å². The van der Waals surface area contributed by atoms with Gasteiger partial charge in [-0.05, 0) is 30.4 Å². The molecule has 1 aromatic carbocycles. The lowest BCUT2D eigenvalue weighted by Crippen LogP contribution is -2.47. The van der Waals surface area contributed by atoms with Crippen LogP contribution in [0.25, 0.3) is 0 Å². The number of benzene rings is 1. The monoisotopic (exact) mass is 271 g/mol. The van der Waals surface area contributed by atoms with Crippen molar-refractivity contribution in [3.8, 4) is 0 Å². The molecule has 19 heavy (non-hydrogen) atoms. The Labute approximate surface area is 112 Å². The van der Waals surface area contributed by atoms with Gasteiger partial charge in [0.2, 0.25) is 0 Å². The number of alkyl halides is 3. The lowest BCUT2D eigenvalue weighted by Gasteiger charge is -2.42. The van der Waals surface area contributed by atoms with Crippen LogP contribution in [0.5, 0.6) is 0 Å². The molecule has 4 heteroatoms. The average molecular weight is 271 g/mol. The Hall–Kier alpha value is -1.03. The summed E-state index contributed by atoms with van der Waals surface area (Å²) in [5.74, 6) is 0.129. The highest BCUT2D eigenvalue weighted by molar-refractivity contribution is 5.36. The molecule has 2 N–H and O–H groups in total. The zero-order valence-electron chi connectivity index (χ0n) is 11.1. The van der Waals surface area contributed by atoms with Crippen LogP contribution in [-0.4, -0.2) is 0 Å². The molecule has 2 atom stereocenters. The predicted octanol–water partition coefficient (Wildman–Crippen LogP) is 4.46. The lowest BCUT2D eigenvalue weighted by molar-refractivity contribution is -0.139. The fourth-order valence-corrected chi connectivity index (χ4v) is 3.33. The number of nitrogens with two attached hydrogens (primary N) is 1. The van der Waals surface area contributed by atoms with Gasteiger partial charge in [-0.3, -0.25) is 0 Å². The molecule has 0 heterocycles. The highest BCUT2D eigenvalue weighted by Crippen LogP contribution is 2.45. The van der Waals surface area contributed by atoms with Gasteiger partial charge in [0.25, 0.3) is 0 Å². The first kappa shape index (κ1) is 14.4. The van der Waals surface area contributed by atoms with Crippen molar-refractivity contribution in [2.45, 2.75) is 50.7 Å². The van der Waals surface area contributed by atoms with Crippen LogP contribution < -0.4 is 5.73 Å². The number of hydrogen-bond donors (Lipinski definition) is 1. The molecule has 1 fully saturated rings. The van der Waals surface area contributed by atoms with Gasteiger partial charge >= 0.3 is 6.18 Å². The molecule has 0 amide bonds. The summed E-state index contributed by atoms with van der Waals surface area (Å²) in [6, 6.07) is 5.78. The van der Waals surface area contributed by atoms with Crippen LogP contribution in [0.1, 0.15) is 50.2 Å². The Balaban J connectivity index is 2.50. The number of halogens is 3. The van der Waals surface area contributed by atoms with E-state index < -0.39 is 17.3 Å². The molecular weight excluding hydrogens is 251 g/mol. The zero-order valence-corrected chi connectivity index (χ0v) is 11.1. The molecule has 1 aliphatic rings. The molecule has 0 bridgehead atoms. The van der Waals surface area contributed by atoms with Crippen molar-refractivity contribution >= 4 is 0 Å². The average Bonchev–Trinajstić information content (AvgIpc) is 2.38. The summed E-state index contributed by atoms with van der Waals surface area (Å²) < 4.78 is 39.4. The van der Waals surface area contributed by atoms with E-state index in [1.165, 1.54) is 6.07 Å². The second-order valence-electron chi connectivity index (χ2n) is 5.43. The third-order valence-electron chi connectivity index (χ3n) is 4.35. The summed E-state index contributed by atoms with van der Waals surface area (Å²) in [4.78, 5) is 0. The van der Waals surface area contributed by atoms with Crippen molar-refractivity contribution in [3.05, 3.63) is 35.4 Å². The maximum atomic E-state index is 13.1. The minimum Gasteiger partial charge on any atom is -0.321 e. The quantitative estimate of drug-likeness (QED) is 0.844. The Morgan fingerprint density at radius 3 is 2.58 bits per heavy atom. The van der Waals surface area contributed by atoms with E-state index in [2.05, 4.69) is 0 Å². The minimum atomic E-state index is -4.33. The van der Waals surface area contributed by atoms with Gasteiger partial charge in [-0.25, -0.2) is 0 Å². The summed E-state index contributed by atoms with van der Waals surface area (Å²) >= 11 is 0. The topological polar surface area (TPSA) is 26.0 Å². The van der Waals surface area contributed by atoms with Crippen molar-refractivity contribution in [1.82, 2.24) is 0 Å². The van der Waals surface area contributed by atoms with Crippen LogP contribution in [-0.2, 0) is 11.7 Å². The standard InChI is InChI=1S/C15H20F3N/c1-2-11-7-5-6-10-14(11,19)12-8-3-4-9-13(12)15(16,17)18/h3-4,8-9,11H,2,5-7,10,19H2,1H3. The third-order valence-corrected chi connectivity index (χ3v) is 4.35. The van der Waals surface area contributed by atoms with Crippen LogP contribution in [0, 0.1) is 5.92 Å². The van der Waals surface area contributed by atoms with E-state index in [9.17, 15) is 13.2 Å². The first-order valence-electron chi connectivity index (χ1n) is 6.85.